The summed E-state index contributed by atoms with van der Waals surface area (Å²) in [5.41, 5.74) is 0.824. The first-order valence-electron chi connectivity index (χ1n) is 6.42. The molecule has 7 heteroatoms. The summed E-state index contributed by atoms with van der Waals surface area (Å²) in [6, 6.07) is 10.1. The van der Waals surface area contributed by atoms with Crippen molar-refractivity contribution in [2.24, 2.45) is 0 Å². The molecule has 2 heterocycles. The molecule has 22 heavy (non-hydrogen) atoms. The minimum Gasteiger partial charge on any atom is -0.282 e. The summed E-state index contributed by atoms with van der Waals surface area (Å²) in [6.07, 6.45) is 0. The van der Waals surface area contributed by atoms with Gasteiger partial charge in [0.05, 0.1) is 23.9 Å². The molecule has 3 aromatic rings. The van der Waals surface area contributed by atoms with Crippen LogP contribution in [0.2, 0.25) is 0 Å². The van der Waals surface area contributed by atoms with Crippen molar-refractivity contribution in [3.05, 3.63) is 57.4 Å². The van der Waals surface area contributed by atoms with Crippen molar-refractivity contribution in [2.75, 3.05) is 5.75 Å². The number of nitrogens with zero attached hydrogens (tertiary/aromatic N) is 3. The van der Waals surface area contributed by atoms with Crippen LogP contribution in [0.3, 0.4) is 0 Å². The quantitative estimate of drug-likeness (QED) is 0.544. The van der Waals surface area contributed by atoms with E-state index in [9.17, 15) is 9.18 Å². The van der Waals surface area contributed by atoms with Crippen molar-refractivity contribution >= 4 is 33.3 Å². The molecule has 0 bridgehead atoms. The summed E-state index contributed by atoms with van der Waals surface area (Å²) < 4.78 is 15.8. The molecule has 0 spiro atoms. The van der Waals surface area contributed by atoms with Crippen LogP contribution in [-0.4, -0.2) is 15.3 Å². The molecular weight excluding hydrogens is 321 g/mol. The Labute approximate surface area is 133 Å². The van der Waals surface area contributed by atoms with Crippen molar-refractivity contribution in [2.45, 2.75) is 11.7 Å². The highest BCUT2D eigenvalue weighted by Crippen LogP contribution is 2.21. The predicted octanol–water partition coefficient (Wildman–Crippen LogP) is 3.26. The fraction of sp³-hybridized carbons (Fsp3) is 0.133. The molecular formula is C15H10FN3OS2. The molecule has 2 aromatic heterocycles. The molecule has 4 nitrogen and oxygen atoms in total. The number of aromatic nitrogens is 2. The van der Waals surface area contributed by atoms with Crippen LogP contribution >= 0.6 is 23.1 Å². The lowest BCUT2D eigenvalue weighted by atomic mass is 10.2. The van der Waals surface area contributed by atoms with E-state index in [4.69, 9.17) is 5.26 Å². The van der Waals surface area contributed by atoms with Gasteiger partial charge in [0.25, 0.3) is 5.56 Å². The van der Waals surface area contributed by atoms with E-state index in [-0.39, 0.29) is 23.7 Å². The van der Waals surface area contributed by atoms with Gasteiger partial charge in [-0.25, -0.2) is 9.37 Å². The highest BCUT2D eigenvalue weighted by atomic mass is 32.2. The van der Waals surface area contributed by atoms with E-state index in [0.29, 0.717) is 20.9 Å². The number of hydrogen-bond acceptors (Lipinski definition) is 5. The fourth-order valence-electron chi connectivity index (χ4n) is 2.07. The van der Waals surface area contributed by atoms with E-state index < -0.39 is 0 Å². The Hall–Kier alpha value is -2.17. The number of thiophene rings is 1. The molecule has 3 rings (SSSR count). The van der Waals surface area contributed by atoms with E-state index in [2.05, 4.69) is 4.98 Å². The van der Waals surface area contributed by atoms with Crippen molar-refractivity contribution in [3.8, 4) is 6.07 Å². The number of nitriles is 1. The number of halogens is 1. The van der Waals surface area contributed by atoms with E-state index in [1.54, 1.807) is 29.6 Å². The van der Waals surface area contributed by atoms with E-state index >= 15 is 0 Å². The fourth-order valence-corrected chi connectivity index (χ4v) is 3.51. The zero-order chi connectivity index (χ0) is 15.5. The van der Waals surface area contributed by atoms with Gasteiger partial charge in [-0.1, -0.05) is 30.0 Å². The Morgan fingerprint density at radius 1 is 1.36 bits per heavy atom. The largest absolute Gasteiger partial charge is 0.282 e. The maximum Gasteiger partial charge on any atom is 0.272 e. The van der Waals surface area contributed by atoms with Gasteiger partial charge >= 0.3 is 0 Å². The summed E-state index contributed by atoms with van der Waals surface area (Å²) in [5, 5.41) is 11.0. The summed E-state index contributed by atoms with van der Waals surface area (Å²) in [6.45, 7) is 0.0973. The van der Waals surface area contributed by atoms with Gasteiger partial charge in [0.1, 0.15) is 10.5 Å². The van der Waals surface area contributed by atoms with Crippen molar-refractivity contribution in [1.29, 1.82) is 5.26 Å². The lowest BCUT2D eigenvalue weighted by molar-refractivity contribution is 0.580. The van der Waals surface area contributed by atoms with Gasteiger partial charge in [-0.05, 0) is 17.5 Å². The molecule has 0 saturated heterocycles. The maximum absolute atomic E-state index is 13.9. The number of hydrogen-bond donors (Lipinski definition) is 0. The van der Waals surface area contributed by atoms with E-state index in [1.165, 1.54) is 33.7 Å². The highest BCUT2D eigenvalue weighted by Gasteiger charge is 2.14. The maximum atomic E-state index is 13.9. The number of fused-ring (bicyclic) bond motifs is 1. The van der Waals surface area contributed by atoms with Crippen LogP contribution in [0.5, 0.6) is 0 Å². The average molecular weight is 331 g/mol. The Balaban J connectivity index is 2.13. The minimum absolute atomic E-state index is 0.0973. The van der Waals surface area contributed by atoms with Gasteiger partial charge in [0.2, 0.25) is 0 Å². The topological polar surface area (TPSA) is 58.7 Å². The Kier molecular flexibility index (Phi) is 4.22. The second-order valence-electron chi connectivity index (χ2n) is 4.46. The van der Waals surface area contributed by atoms with Crippen LogP contribution in [-0.2, 0) is 6.54 Å². The molecule has 0 aliphatic carbocycles. The first kappa shape index (κ1) is 14.8. The minimum atomic E-state index is -0.364. The molecule has 0 N–H and O–H groups in total. The smallest absolute Gasteiger partial charge is 0.272 e. The Morgan fingerprint density at radius 2 is 2.18 bits per heavy atom. The van der Waals surface area contributed by atoms with Gasteiger partial charge < -0.3 is 0 Å². The molecule has 0 amide bonds. The van der Waals surface area contributed by atoms with Gasteiger partial charge in [-0.2, -0.15) is 5.26 Å². The summed E-state index contributed by atoms with van der Waals surface area (Å²) >= 11 is 2.49. The summed E-state index contributed by atoms with van der Waals surface area (Å²) in [5.74, 6) is -0.184. The molecule has 0 aliphatic rings. The van der Waals surface area contributed by atoms with Crippen LogP contribution in [0, 0.1) is 17.1 Å². The average Bonchev–Trinajstić information content (AvgIpc) is 2.99. The Bertz CT molecular complexity index is 926. The van der Waals surface area contributed by atoms with E-state index in [0.717, 1.165) is 0 Å². The molecule has 0 atom stereocenters. The third kappa shape index (κ3) is 2.75. The zero-order valence-corrected chi connectivity index (χ0v) is 13.0. The predicted molar refractivity (Wildman–Crippen MR) is 85.7 cm³/mol. The van der Waals surface area contributed by atoms with Gasteiger partial charge in [-0.15, -0.1) is 11.3 Å². The first-order valence-corrected chi connectivity index (χ1v) is 8.28. The molecule has 1 aromatic carbocycles. The van der Waals surface area contributed by atoms with Crippen LogP contribution in [0.25, 0.3) is 10.2 Å². The monoisotopic (exact) mass is 331 g/mol. The number of rotatable bonds is 4. The van der Waals surface area contributed by atoms with Crippen LogP contribution in [0.15, 0.2) is 45.7 Å². The van der Waals surface area contributed by atoms with Crippen LogP contribution in [0.4, 0.5) is 4.39 Å². The third-order valence-electron chi connectivity index (χ3n) is 3.08. The number of benzene rings is 1. The molecule has 0 fully saturated rings. The second kappa shape index (κ2) is 6.30. The van der Waals surface area contributed by atoms with Gasteiger partial charge in [-0.3, -0.25) is 9.36 Å². The standard InChI is InChI=1S/C15H10FN3OS2/c16-11-4-2-1-3-10(11)9-19-14(20)13-12(5-7-21-13)18-15(19)22-8-6-17/h1-5,7H,8-9H2. The lowest BCUT2D eigenvalue weighted by Crippen LogP contribution is -2.23. The zero-order valence-electron chi connectivity index (χ0n) is 11.3. The third-order valence-corrected chi connectivity index (χ3v) is 4.82. The summed E-state index contributed by atoms with van der Waals surface area (Å²) in [4.78, 5) is 17.0. The Morgan fingerprint density at radius 3 is 2.95 bits per heavy atom. The molecule has 0 radical (unpaired) electrons. The van der Waals surface area contributed by atoms with Crippen molar-refractivity contribution in [1.82, 2.24) is 9.55 Å². The number of thioether (sulfide) groups is 1. The SMILES string of the molecule is N#CCSc1nc2ccsc2c(=O)n1Cc1ccccc1F. The normalized spacial score (nSPS) is 10.7. The van der Waals surface area contributed by atoms with Crippen molar-refractivity contribution in [3.63, 3.8) is 0 Å². The lowest BCUT2D eigenvalue weighted by Gasteiger charge is -2.11. The highest BCUT2D eigenvalue weighted by molar-refractivity contribution is 7.99. The van der Waals surface area contributed by atoms with Crippen molar-refractivity contribution < 1.29 is 4.39 Å². The molecule has 0 unspecified atom stereocenters. The molecule has 110 valence electrons. The van der Waals surface area contributed by atoms with Crippen LogP contribution in [0.1, 0.15) is 5.56 Å². The van der Waals surface area contributed by atoms with Gasteiger partial charge in [0, 0.05) is 5.56 Å². The van der Waals surface area contributed by atoms with Crippen LogP contribution < -0.4 is 5.56 Å². The van der Waals surface area contributed by atoms with Gasteiger partial charge in [0.15, 0.2) is 5.16 Å². The van der Waals surface area contributed by atoms with E-state index in [1.807, 2.05) is 6.07 Å². The molecule has 0 aliphatic heterocycles. The second-order valence-corrected chi connectivity index (χ2v) is 6.32. The molecule has 0 saturated carbocycles. The summed E-state index contributed by atoms with van der Waals surface area (Å²) in [7, 11) is 0. The first-order chi connectivity index (χ1) is 10.7.